The van der Waals surface area contributed by atoms with Crippen molar-refractivity contribution in [1.29, 1.82) is 0 Å². The third kappa shape index (κ3) is 4.85. The Morgan fingerprint density at radius 1 is 1.24 bits per heavy atom. The second kappa shape index (κ2) is 7.61. The van der Waals surface area contributed by atoms with Crippen molar-refractivity contribution in [2.45, 2.75) is 58.7 Å². The van der Waals surface area contributed by atoms with Gasteiger partial charge in [-0.2, -0.15) is 0 Å². The van der Waals surface area contributed by atoms with E-state index in [1.54, 1.807) is 0 Å². The molecular formula is C21H29NO3. The van der Waals surface area contributed by atoms with Crippen LogP contribution in [0.1, 0.15) is 45.6 Å². The number of fused-ring (bicyclic) bond motifs is 2. The summed E-state index contributed by atoms with van der Waals surface area (Å²) in [5.74, 6) is 0. The lowest BCUT2D eigenvalue weighted by Gasteiger charge is -2.44. The van der Waals surface area contributed by atoms with Crippen LogP contribution in [0.5, 0.6) is 0 Å². The third-order valence-corrected chi connectivity index (χ3v) is 4.89. The molecule has 0 aliphatic carbocycles. The average Bonchev–Trinajstić information content (AvgIpc) is 2.57. The van der Waals surface area contributed by atoms with Gasteiger partial charge in [-0.3, -0.25) is 4.90 Å². The first-order valence-electron chi connectivity index (χ1n) is 9.19. The van der Waals surface area contributed by atoms with Crippen LogP contribution in [0, 0.1) is 5.41 Å². The molecule has 1 fully saturated rings. The van der Waals surface area contributed by atoms with E-state index >= 15 is 0 Å². The molecule has 2 atom stereocenters. The molecule has 1 aromatic rings. The monoisotopic (exact) mass is 343 g/mol. The molecule has 4 nitrogen and oxygen atoms in total. The van der Waals surface area contributed by atoms with E-state index in [9.17, 15) is 4.79 Å². The summed E-state index contributed by atoms with van der Waals surface area (Å²) in [7, 11) is 0. The lowest BCUT2D eigenvalue weighted by Crippen LogP contribution is -2.56. The van der Waals surface area contributed by atoms with Gasteiger partial charge in [0.1, 0.15) is 6.61 Å². The topological polar surface area (TPSA) is 38.8 Å². The molecule has 136 valence electrons. The number of hydrogen-bond donors (Lipinski definition) is 0. The van der Waals surface area contributed by atoms with Crippen LogP contribution in [0.15, 0.2) is 42.0 Å². The molecule has 2 aliphatic rings. The lowest BCUT2D eigenvalue weighted by atomic mass is 9.85. The Hall–Kier alpha value is -1.81. The predicted octanol–water partition coefficient (Wildman–Crippen LogP) is 4.55. The molecule has 2 heterocycles. The maximum Gasteiger partial charge on any atom is 0.411 e. The molecule has 0 aromatic heterocycles. The zero-order valence-electron chi connectivity index (χ0n) is 15.5. The Kier molecular flexibility index (Phi) is 5.48. The molecule has 2 aliphatic heterocycles. The molecule has 1 aromatic carbocycles. The number of amides is 1. The van der Waals surface area contributed by atoms with Gasteiger partial charge >= 0.3 is 6.09 Å². The number of carbonyl (C=O) groups is 1. The minimum atomic E-state index is -0.228. The van der Waals surface area contributed by atoms with Crippen LogP contribution in [-0.4, -0.2) is 36.3 Å². The van der Waals surface area contributed by atoms with Crippen molar-refractivity contribution in [3.05, 3.63) is 47.5 Å². The van der Waals surface area contributed by atoms with Crippen molar-refractivity contribution < 1.29 is 14.3 Å². The zero-order chi connectivity index (χ0) is 17.9. The van der Waals surface area contributed by atoms with Crippen LogP contribution < -0.4 is 0 Å². The van der Waals surface area contributed by atoms with Gasteiger partial charge in [0, 0.05) is 0 Å². The molecule has 25 heavy (non-hydrogen) atoms. The van der Waals surface area contributed by atoms with Crippen molar-refractivity contribution in [2.75, 3.05) is 13.2 Å². The van der Waals surface area contributed by atoms with E-state index in [2.05, 4.69) is 26.8 Å². The van der Waals surface area contributed by atoms with E-state index in [-0.39, 0.29) is 18.2 Å². The van der Waals surface area contributed by atoms with Crippen molar-refractivity contribution in [2.24, 2.45) is 5.41 Å². The Morgan fingerprint density at radius 2 is 2.00 bits per heavy atom. The van der Waals surface area contributed by atoms with Crippen molar-refractivity contribution in [3.63, 3.8) is 0 Å². The summed E-state index contributed by atoms with van der Waals surface area (Å²) in [5, 5.41) is 0. The van der Waals surface area contributed by atoms with Crippen molar-refractivity contribution in [3.8, 4) is 0 Å². The number of benzene rings is 1. The molecule has 0 spiro atoms. The van der Waals surface area contributed by atoms with Crippen LogP contribution in [0.2, 0.25) is 0 Å². The first kappa shape index (κ1) is 18.0. The molecule has 0 radical (unpaired) electrons. The Morgan fingerprint density at radius 3 is 2.68 bits per heavy atom. The molecule has 2 bridgehead atoms. The van der Waals surface area contributed by atoms with Gasteiger partial charge in [0.15, 0.2) is 0 Å². The molecule has 1 saturated heterocycles. The molecule has 4 heteroatoms. The number of nitrogens with zero attached hydrogens (tertiary/aromatic N) is 1. The molecule has 3 rings (SSSR count). The normalized spacial score (nSPS) is 23.2. The fourth-order valence-corrected chi connectivity index (χ4v) is 3.48. The fraction of sp³-hybridized carbons (Fsp3) is 0.571. The predicted molar refractivity (Wildman–Crippen MR) is 98.3 cm³/mol. The van der Waals surface area contributed by atoms with Gasteiger partial charge in [0.05, 0.1) is 25.3 Å². The Balaban J connectivity index is 1.62. The average molecular weight is 343 g/mol. The Labute approximate surface area is 150 Å². The van der Waals surface area contributed by atoms with Crippen molar-refractivity contribution >= 4 is 6.09 Å². The number of ether oxygens (including phenoxy) is 2. The highest BCUT2D eigenvalue weighted by Crippen LogP contribution is 2.32. The maximum atomic E-state index is 12.6. The number of carbonyl (C=O) groups excluding carboxylic acids is 1. The third-order valence-electron chi connectivity index (χ3n) is 4.89. The van der Waals surface area contributed by atoms with Gasteiger partial charge in [-0.1, -0.05) is 62.8 Å². The summed E-state index contributed by atoms with van der Waals surface area (Å²) in [6, 6.07) is 9.92. The maximum absolute atomic E-state index is 12.6. The van der Waals surface area contributed by atoms with E-state index in [0.29, 0.717) is 25.2 Å². The summed E-state index contributed by atoms with van der Waals surface area (Å²) in [6.45, 7) is 8.30. The fourth-order valence-electron chi connectivity index (χ4n) is 3.48. The van der Waals surface area contributed by atoms with Gasteiger partial charge in [-0.15, -0.1) is 0 Å². The SMILES string of the molecule is CC(C)(C)CCC1=CC2COCC(C1)N2C(=O)OCc1ccccc1. The van der Waals surface area contributed by atoms with Crippen molar-refractivity contribution in [1.82, 2.24) is 4.90 Å². The number of rotatable bonds is 4. The van der Waals surface area contributed by atoms with E-state index in [4.69, 9.17) is 9.47 Å². The minimum absolute atomic E-state index is 0.00532. The molecule has 0 saturated carbocycles. The summed E-state index contributed by atoms with van der Waals surface area (Å²) in [4.78, 5) is 14.5. The molecule has 2 unspecified atom stereocenters. The highest BCUT2D eigenvalue weighted by atomic mass is 16.6. The van der Waals surface area contributed by atoms with Gasteiger partial charge in [0.25, 0.3) is 0 Å². The lowest BCUT2D eigenvalue weighted by molar-refractivity contribution is -0.0376. The van der Waals surface area contributed by atoms with Gasteiger partial charge in [0.2, 0.25) is 0 Å². The standard InChI is InChI=1S/C21H29NO3/c1-21(2,3)10-9-17-11-18-14-24-15-19(12-17)22(18)20(23)25-13-16-7-5-4-6-8-16/h4-8,11,18-19H,9-10,12-15H2,1-3H3. The minimum Gasteiger partial charge on any atom is -0.445 e. The van der Waals surface area contributed by atoms with Crippen LogP contribution in [0.25, 0.3) is 0 Å². The zero-order valence-corrected chi connectivity index (χ0v) is 15.5. The summed E-state index contributed by atoms with van der Waals surface area (Å²) in [5.41, 5.74) is 2.80. The molecule has 1 amide bonds. The van der Waals surface area contributed by atoms with Crippen LogP contribution in [0.3, 0.4) is 0 Å². The van der Waals surface area contributed by atoms with E-state index in [0.717, 1.165) is 24.8 Å². The Bertz CT molecular complexity index is 618. The van der Waals surface area contributed by atoms with Gasteiger partial charge in [-0.25, -0.2) is 4.79 Å². The smallest absolute Gasteiger partial charge is 0.411 e. The summed E-state index contributed by atoms with van der Waals surface area (Å²) >= 11 is 0. The van der Waals surface area contributed by atoms with E-state index < -0.39 is 0 Å². The second-order valence-corrected chi connectivity index (χ2v) is 8.30. The van der Waals surface area contributed by atoms with Crippen LogP contribution >= 0.6 is 0 Å². The molecular weight excluding hydrogens is 314 g/mol. The summed E-state index contributed by atoms with van der Waals surface area (Å²) in [6.07, 6.45) is 5.16. The van der Waals surface area contributed by atoms with E-state index in [1.165, 1.54) is 5.57 Å². The number of hydrogen-bond acceptors (Lipinski definition) is 3. The largest absolute Gasteiger partial charge is 0.445 e. The first-order chi connectivity index (χ1) is 11.9. The van der Waals surface area contributed by atoms with Gasteiger partial charge < -0.3 is 9.47 Å². The number of morpholine rings is 1. The molecule has 0 N–H and O–H groups in total. The van der Waals surface area contributed by atoms with Gasteiger partial charge in [-0.05, 0) is 30.2 Å². The van der Waals surface area contributed by atoms with E-state index in [1.807, 2.05) is 35.2 Å². The first-order valence-corrected chi connectivity index (χ1v) is 9.19. The van der Waals surface area contributed by atoms with Crippen LogP contribution in [-0.2, 0) is 16.1 Å². The highest BCUT2D eigenvalue weighted by molar-refractivity contribution is 5.69. The van der Waals surface area contributed by atoms with Crippen LogP contribution in [0.4, 0.5) is 4.79 Å². The quantitative estimate of drug-likeness (QED) is 0.753. The highest BCUT2D eigenvalue weighted by Gasteiger charge is 2.38. The second-order valence-electron chi connectivity index (χ2n) is 8.30. The summed E-state index contributed by atoms with van der Waals surface area (Å²) < 4.78 is 11.2.